The standard InChI is InChI=1S/C20H20ClN3O4S3/c1-28-14-7-5-13(6-8-14)15-12-29-20(22-15)23-19(25)16-4-2-3-11-24(16)31(26,27)18-10-9-17(21)30-18/h5-10,12,16H,2-4,11H2,1H3,(H,22,23,25). The lowest BCUT2D eigenvalue weighted by atomic mass is 10.0. The fourth-order valence-corrected chi connectivity index (χ4v) is 7.41. The van der Waals surface area contributed by atoms with Crippen molar-refractivity contribution < 1.29 is 17.9 Å². The first-order valence-electron chi connectivity index (χ1n) is 9.56. The smallest absolute Gasteiger partial charge is 0.253 e. The highest BCUT2D eigenvalue weighted by atomic mass is 35.5. The van der Waals surface area contributed by atoms with Gasteiger partial charge in [0.1, 0.15) is 16.0 Å². The third-order valence-electron chi connectivity index (χ3n) is 4.99. The number of amides is 1. The third kappa shape index (κ3) is 4.78. The number of methoxy groups -OCH3 is 1. The SMILES string of the molecule is COc1ccc(-c2csc(NC(=O)C3CCCCN3S(=O)(=O)c3ccc(Cl)s3)n2)cc1. The van der Waals surface area contributed by atoms with E-state index in [0.29, 0.717) is 28.9 Å². The van der Waals surface area contributed by atoms with Gasteiger partial charge < -0.3 is 10.1 Å². The number of nitrogens with one attached hydrogen (secondary N) is 1. The van der Waals surface area contributed by atoms with Crippen LogP contribution in [0.25, 0.3) is 11.3 Å². The first kappa shape index (κ1) is 22.2. The third-order valence-corrected chi connectivity index (χ3v) is 9.35. The van der Waals surface area contributed by atoms with E-state index in [0.717, 1.165) is 34.8 Å². The number of nitrogens with zero attached hydrogens (tertiary/aromatic N) is 2. The van der Waals surface area contributed by atoms with Crippen LogP contribution in [0, 0.1) is 0 Å². The second kappa shape index (κ2) is 9.25. The molecule has 2 aromatic heterocycles. The van der Waals surface area contributed by atoms with Crippen LogP contribution < -0.4 is 10.1 Å². The molecule has 3 heterocycles. The Morgan fingerprint density at radius 3 is 2.68 bits per heavy atom. The highest BCUT2D eigenvalue weighted by molar-refractivity contribution is 7.91. The monoisotopic (exact) mass is 497 g/mol. The summed E-state index contributed by atoms with van der Waals surface area (Å²) in [6.07, 6.45) is 1.95. The Hall–Kier alpha value is -1.98. The maximum absolute atomic E-state index is 13.1. The van der Waals surface area contributed by atoms with E-state index >= 15 is 0 Å². The molecule has 1 atom stereocenters. The number of thiazole rings is 1. The molecule has 0 saturated carbocycles. The number of sulfonamides is 1. The number of thiophene rings is 1. The van der Waals surface area contributed by atoms with Crippen LogP contribution in [0.3, 0.4) is 0 Å². The molecule has 7 nitrogen and oxygen atoms in total. The topological polar surface area (TPSA) is 88.6 Å². The van der Waals surface area contributed by atoms with E-state index in [1.807, 2.05) is 29.6 Å². The minimum absolute atomic E-state index is 0.147. The van der Waals surface area contributed by atoms with E-state index in [4.69, 9.17) is 16.3 Å². The highest BCUT2D eigenvalue weighted by Gasteiger charge is 2.38. The molecular formula is C20H20ClN3O4S3. The van der Waals surface area contributed by atoms with Crippen molar-refractivity contribution in [2.24, 2.45) is 0 Å². The van der Waals surface area contributed by atoms with Crippen LogP contribution in [0.1, 0.15) is 19.3 Å². The normalized spacial score (nSPS) is 17.4. The lowest BCUT2D eigenvalue weighted by Gasteiger charge is -2.32. The van der Waals surface area contributed by atoms with Gasteiger partial charge in [0.25, 0.3) is 10.0 Å². The molecule has 1 N–H and O–H groups in total. The van der Waals surface area contributed by atoms with Crippen LogP contribution >= 0.6 is 34.3 Å². The number of rotatable bonds is 6. The molecule has 1 aliphatic heterocycles. The van der Waals surface area contributed by atoms with Crippen molar-refractivity contribution >= 4 is 55.3 Å². The first-order valence-corrected chi connectivity index (χ1v) is 13.1. The average molecular weight is 498 g/mol. The fourth-order valence-electron chi connectivity index (χ4n) is 3.42. The number of hydrogen-bond donors (Lipinski definition) is 1. The Labute approximate surface area is 193 Å². The van der Waals surface area contributed by atoms with Crippen LogP contribution in [-0.2, 0) is 14.8 Å². The number of carbonyl (C=O) groups is 1. The summed E-state index contributed by atoms with van der Waals surface area (Å²) in [5.41, 5.74) is 1.62. The van der Waals surface area contributed by atoms with Gasteiger partial charge >= 0.3 is 0 Å². The molecule has 164 valence electrons. The molecule has 1 aliphatic rings. The highest BCUT2D eigenvalue weighted by Crippen LogP contribution is 2.32. The Morgan fingerprint density at radius 1 is 1.23 bits per heavy atom. The number of ether oxygens (including phenoxy) is 1. The van der Waals surface area contributed by atoms with Gasteiger partial charge in [-0.2, -0.15) is 4.31 Å². The van der Waals surface area contributed by atoms with Gasteiger partial charge in [0, 0.05) is 17.5 Å². The van der Waals surface area contributed by atoms with Crippen molar-refractivity contribution in [1.82, 2.24) is 9.29 Å². The van der Waals surface area contributed by atoms with Crippen LogP contribution in [0.5, 0.6) is 5.75 Å². The van der Waals surface area contributed by atoms with Crippen LogP contribution in [0.4, 0.5) is 5.13 Å². The zero-order valence-electron chi connectivity index (χ0n) is 16.6. The minimum atomic E-state index is -3.79. The summed E-state index contributed by atoms with van der Waals surface area (Å²) in [7, 11) is -2.19. The van der Waals surface area contributed by atoms with Gasteiger partial charge in [-0.05, 0) is 49.2 Å². The molecule has 31 heavy (non-hydrogen) atoms. The molecular weight excluding hydrogens is 478 g/mol. The van der Waals surface area contributed by atoms with E-state index in [-0.39, 0.29) is 10.1 Å². The van der Waals surface area contributed by atoms with Crippen LogP contribution in [-0.4, -0.2) is 43.3 Å². The lowest BCUT2D eigenvalue weighted by Crippen LogP contribution is -2.49. The lowest BCUT2D eigenvalue weighted by molar-refractivity contribution is -0.120. The maximum Gasteiger partial charge on any atom is 0.253 e. The molecule has 0 aliphatic carbocycles. The van der Waals surface area contributed by atoms with E-state index < -0.39 is 16.1 Å². The summed E-state index contributed by atoms with van der Waals surface area (Å²) in [5.74, 6) is 0.375. The van der Waals surface area contributed by atoms with Gasteiger partial charge in [-0.3, -0.25) is 4.79 Å². The Kier molecular flexibility index (Phi) is 6.63. The van der Waals surface area contributed by atoms with Crippen molar-refractivity contribution in [3.8, 4) is 17.0 Å². The van der Waals surface area contributed by atoms with Crippen molar-refractivity contribution in [2.75, 3.05) is 19.0 Å². The average Bonchev–Trinajstić information content (AvgIpc) is 3.43. The first-order chi connectivity index (χ1) is 14.9. The summed E-state index contributed by atoms with van der Waals surface area (Å²) in [6, 6.07) is 9.71. The zero-order valence-corrected chi connectivity index (χ0v) is 19.8. The number of hydrogen-bond acceptors (Lipinski definition) is 7. The molecule has 4 rings (SSSR count). The second-order valence-corrected chi connectivity index (χ2v) is 11.6. The van der Waals surface area contributed by atoms with Crippen LogP contribution in [0.2, 0.25) is 4.34 Å². The molecule has 1 fully saturated rings. The molecule has 1 unspecified atom stereocenters. The fraction of sp³-hybridized carbons (Fsp3) is 0.300. The summed E-state index contributed by atoms with van der Waals surface area (Å²) in [5, 5.41) is 5.07. The summed E-state index contributed by atoms with van der Waals surface area (Å²) in [6.45, 7) is 0.297. The summed E-state index contributed by atoms with van der Waals surface area (Å²) in [4.78, 5) is 17.5. The number of anilines is 1. The number of benzene rings is 1. The molecule has 3 aromatic rings. The second-order valence-electron chi connectivity index (χ2n) is 6.94. The molecule has 1 saturated heterocycles. The van der Waals surface area contributed by atoms with Crippen LogP contribution in [0.15, 0.2) is 46.0 Å². The van der Waals surface area contributed by atoms with Gasteiger partial charge in [0.05, 0.1) is 17.1 Å². The van der Waals surface area contributed by atoms with Gasteiger partial charge in [0.15, 0.2) is 5.13 Å². The van der Waals surface area contributed by atoms with Crippen molar-refractivity contribution in [2.45, 2.75) is 29.5 Å². The number of aromatic nitrogens is 1. The molecule has 11 heteroatoms. The van der Waals surface area contributed by atoms with E-state index in [2.05, 4.69) is 10.3 Å². The van der Waals surface area contributed by atoms with Gasteiger partial charge in [0.2, 0.25) is 5.91 Å². The Balaban J connectivity index is 1.51. The molecule has 1 aromatic carbocycles. The van der Waals surface area contributed by atoms with E-state index in [1.165, 1.54) is 21.7 Å². The quantitative estimate of drug-likeness (QED) is 0.532. The predicted molar refractivity (Wildman–Crippen MR) is 124 cm³/mol. The van der Waals surface area contributed by atoms with Gasteiger partial charge in [-0.15, -0.1) is 22.7 Å². The Bertz CT molecular complexity index is 1170. The van der Waals surface area contributed by atoms with Crippen molar-refractivity contribution in [1.29, 1.82) is 0 Å². The summed E-state index contributed by atoms with van der Waals surface area (Å²) >= 11 is 8.22. The zero-order chi connectivity index (χ0) is 22.0. The Morgan fingerprint density at radius 2 is 2.00 bits per heavy atom. The van der Waals surface area contributed by atoms with E-state index in [1.54, 1.807) is 13.2 Å². The van der Waals surface area contributed by atoms with Gasteiger partial charge in [-0.25, -0.2) is 13.4 Å². The molecule has 0 bridgehead atoms. The van der Waals surface area contributed by atoms with E-state index in [9.17, 15) is 13.2 Å². The minimum Gasteiger partial charge on any atom is -0.497 e. The number of halogens is 1. The molecule has 1 amide bonds. The number of piperidine rings is 1. The largest absolute Gasteiger partial charge is 0.497 e. The molecule has 0 spiro atoms. The summed E-state index contributed by atoms with van der Waals surface area (Å²) < 4.78 is 33.2. The van der Waals surface area contributed by atoms with Crippen molar-refractivity contribution in [3.63, 3.8) is 0 Å². The predicted octanol–water partition coefficient (Wildman–Crippen LogP) is 4.72. The number of carbonyl (C=O) groups excluding carboxylic acids is 1. The van der Waals surface area contributed by atoms with Crippen molar-refractivity contribution in [3.05, 3.63) is 46.1 Å². The maximum atomic E-state index is 13.1. The van der Waals surface area contributed by atoms with Gasteiger partial charge in [-0.1, -0.05) is 18.0 Å². The molecule has 0 radical (unpaired) electrons.